The van der Waals surface area contributed by atoms with E-state index in [0.29, 0.717) is 12.5 Å². The number of amides is 1. The molecule has 1 aromatic rings. The van der Waals surface area contributed by atoms with Crippen LogP contribution < -0.4 is 10.6 Å². The molecule has 1 aromatic heterocycles. The number of nitrogens with zero attached hydrogens (tertiary/aromatic N) is 2. The number of hydrogen-bond acceptors (Lipinski definition) is 3. The number of guanidine groups is 1. The Bertz CT molecular complexity index is 402. The largest absolute Gasteiger partial charge is 0.340 e. The third-order valence-corrected chi connectivity index (χ3v) is 2.30. The van der Waals surface area contributed by atoms with Gasteiger partial charge in [0.2, 0.25) is 0 Å². The van der Waals surface area contributed by atoms with Gasteiger partial charge in [0.25, 0.3) is 5.91 Å². The lowest BCUT2D eigenvalue weighted by Crippen LogP contribution is -2.25. The van der Waals surface area contributed by atoms with Gasteiger partial charge in [-0.1, -0.05) is 13.0 Å². The minimum atomic E-state index is -0.371. The van der Waals surface area contributed by atoms with Gasteiger partial charge in [-0.05, 0) is 12.5 Å². The van der Waals surface area contributed by atoms with Crippen LogP contribution in [0, 0.1) is 0 Å². The van der Waals surface area contributed by atoms with Gasteiger partial charge in [-0.2, -0.15) is 0 Å². The van der Waals surface area contributed by atoms with Crippen molar-refractivity contribution in [3.8, 4) is 0 Å². The van der Waals surface area contributed by atoms with Crippen LogP contribution in [0.2, 0.25) is 0 Å². The second-order valence-electron chi connectivity index (χ2n) is 3.58. The van der Waals surface area contributed by atoms with Gasteiger partial charge >= 0.3 is 0 Å². The number of aliphatic imine (C=N–C) groups is 1. The number of rotatable bonds is 3. The van der Waals surface area contributed by atoms with Crippen molar-refractivity contribution in [3.63, 3.8) is 0 Å². The van der Waals surface area contributed by atoms with Crippen LogP contribution in [0.4, 0.5) is 0 Å². The van der Waals surface area contributed by atoms with E-state index in [1.54, 1.807) is 12.4 Å². The number of nitrogens with one attached hydrogen (secondary N) is 2. The van der Waals surface area contributed by atoms with Gasteiger partial charge in [0.15, 0.2) is 5.96 Å². The van der Waals surface area contributed by atoms with E-state index >= 15 is 0 Å². The molecule has 16 heavy (non-hydrogen) atoms. The molecule has 2 heterocycles. The van der Waals surface area contributed by atoms with E-state index in [0.717, 1.165) is 12.0 Å². The molecule has 1 fully saturated rings. The van der Waals surface area contributed by atoms with E-state index in [1.165, 1.54) is 0 Å². The van der Waals surface area contributed by atoms with Crippen molar-refractivity contribution in [2.45, 2.75) is 19.4 Å². The Morgan fingerprint density at radius 1 is 1.56 bits per heavy atom. The topological polar surface area (TPSA) is 66.4 Å². The smallest absolute Gasteiger partial charge is 0.253 e. The van der Waals surface area contributed by atoms with E-state index in [-0.39, 0.29) is 11.9 Å². The zero-order valence-corrected chi connectivity index (χ0v) is 9.10. The molecule has 0 aromatic carbocycles. The van der Waals surface area contributed by atoms with Crippen LogP contribution in [-0.4, -0.2) is 23.4 Å². The predicted molar refractivity (Wildman–Crippen MR) is 60.8 cm³/mol. The summed E-state index contributed by atoms with van der Waals surface area (Å²) in [6.45, 7) is 2.75. The molecule has 5 heteroatoms. The minimum Gasteiger partial charge on any atom is -0.340 e. The Hall–Kier alpha value is -1.91. The lowest BCUT2D eigenvalue weighted by Gasteiger charge is -2.06. The van der Waals surface area contributed by atoms with Crippen LogP contribution in [0.5, 0.6) is 0 Å². The third-order valence-electron chi connectivity index (χ3n) is 2.30. The van der Waals surface area contributed by atoms with Crippen LogP contribution in [0.1, 0.15) is 24.9 Å². The van der Waals surface area contributed by atoms with Crippen molar-refractivity contribution in [1.82, 2.24) is 15.6 Å². The van der Waals surface area contributed by atoms with Crippen LogP contribution in [-0.2, 0) is 4.79 Å². The molecule has 1 saturated heterocycles. The van der Waals surface area contributed by atoms with Crippen molar-refractivity contribution in [1.29, 1.82) is 0 Å². The second kappa shape index (κ2) is 4.74. The average Bonchev–Trinajstić information content (AvgIpc) is 2.69. The monoisotopic (exact) mass is 218 g/mol. The molecule has 1 aliphatic rings. The molecule has 2 rings (SSSR count). The Morgan fingerprint density at radius 3 is 3.12 bits per heavy atom. The maximum atomic E-state index is 11.7. The molecule has 1 aliphatic heterocycles. The highest BCUT2D eigenvalue weighted by Crippen LogP contribution is 2.14. The summed E-state index contributed by atoms with van der Waals surface area (Å²) in [6, 6.07) is 3.31. The van der Waals surface area contributed by atoms with Crippen LogP contribution >= 0.6 is 0 Å². The zero-order chi connectivity index (χ0) is 11.4. The number of aromatic nitrogens is 1. The van der Waals surface area contributed by atoms with Crippen LogP contribution in [0.3, 0.4) is 0 Å². The molecule has 0 aliphatic carbocycles. The quantitative estimate of drug-likeness (QED) is 0.781. The fourth-order valence-corrected chi connectivity index (χ4v) is 1.52. The molecule has 1 amide bonds. The Balaban J connectivity index is 2.11. The third kappa shape index (κ3) is 2.18. The van der Waals surface area contributed by atoms with E-state index in [9.17, 15) is 4.79 Å². The summed E-state index contributed by atoms with van der Waals surface area (Å²) in [5.74, 6) is 0.476. The maximum absolute atomic E-state index is 11.7. The number of pyridine rings is 1. The highest BCUT2D eigenvalue weighted by molar-refractivity contribution is 6.06. The van der Waals surface area contributed by atoms with E-state index in [4.69, 9.17) is 0 Å². The van der Waals surface area contributed by atoms with Gasteiger partial charge in [0.1, 0.15) is 6.04 Å². The molecular formula is C11H14N4O. The molecule has 1 atom stereocenters. The highest BCUT2D eigenvalue weighted by Gasteiger charge is 2.29. The van der Waals surface area contributed by atoms with Gasteiger partial charge in [0, 0.05) is 24.5 Å². The molecule has 2 N–H and O–H groups in total. The maximum Gasteiger partial charge on any atom is 0.253 e. The molecule has 0 radical (unpaired) electrons. The molecule has 0 saturated carbocycles. The number of carbonyl (C=O) groups excluding carboxylic acids is 1. The Morgan fingerprint density at radius 2 is 2.44 bits per heavy atom. The van der Waals surface area contributed by atoms with E-state index in [2.05, 4.69) is 20.6 Å². The first-order valence-corrected chi connectivity index (χ1v) is 5.33. The molecule has 5 nitrogen and oxygen atoms in total. The lowest BCUT2D eigenvalue weighted by atomic mass is 10.1. The lowest BCUT2D eigenvalue weighted by molar-refractivity contribution is -0.120. The summed E-state index contributed by atoms with van der Waals surface area (Å²) in [5.41, 5.74) is 0.849. The summed E-state index contributed by atoms with van der Waals surface area (Å²) < 4.78 is 0. The Labute approximate surface area is 94.0 Å². The first-order valence-electron chi connectivity index (χ1n) is 5.33. The van der Waals surface area contributed by atoms with Crippen LogP contribution in [0.15, 0.2) is 29.5 Å². The minimum absolute atomic E-state index is 0.0807. The first-order chi connectivity index (χ1) is 7.81. The SMILES string of the molecule is CCCN=C1NC(=O)C(c2cccnc2)N1. The van der Waals surface area contributed by atoms with Gasteiger partial charge in [-0.15, -0.1) is 0 Å². The van der Waals surface area contributed by atoms with Crippen molar-refractivity contribution in [2.75, 3.05) is 6.54 Å². The number of hydrogen-bond donors (Lipinski definition) is 2. The van der Waals surface area contributed by atoms with Crippen molar-refractivity contribution in [3.05, 3.63) is 30.1 Å². The van der Waals surface area contributed by atoms with E-state index < -0.39 is 0 Å². The molecule has 1 unspecified atom stereocenters. The summed E-state index contributed by atoms with van der Waals surface area (Å²) in [5, 5.41) is 5.75. The zero-order valence-electron chi connectivity index (χ0n) is 9.10. The molecular weight excluding hydrogens is 204 g/mol. The fraction of sp³-hybridized carbons (Fsp3) is 0.364. The predicted octanol–water partition coefficient (Wildman–Crippen LogP) is 0.608. The van der Waals surface area contributed by atoms with Gasteiger partial charge in [0.05, 0.1) is 0 Å². The molecule has 0 spiro atoms. The summed E-state index contributed by atoms with van der Waals surface area (Å²) in [6.07, 6.45) is 4.32. The van der Waals surface area contributed by atoms with Crippen molar-refractivity contribution >= 4 is 11.9 Å². The second-order valence-corrected chi connectivity index (χ2v) is 3.58. The van der Waals surface area contributed by atoms with E-state index in [1.807, 2.05) is 19.1 Å². The van der Waals surface area contributed by atoms with Gasteiger partial charge in [-0.3, -0.25) is 20.1 Å². The van der Waals surface area contributed by atoms with Gasteiger partial charge in [-0.25, -0.2) is 0 Å². The van der Waals surface area contributed by atoms with Gasteiger partial charge < -0.3 is 5.32 Å². The molecule has 0 bridgehead atoms. The standard InChI is InChI=1S/C11H14N4O/c1-2-5-13-11-14-9(10(16)15-11)8-4-3-6-12-7-8/h3-4,6-7,9H,2,5H2,1H3,(H2,13,14,15,16). The van der Waals surface area contributed by atoms with Crippen molar-refractivity contribution < 1.29 is 4.79 Å². The normalized spacial score (nSPS) is 21.9. The Kier molecular flexibility index (Phi) is 3.14. The summed E-state index contributed by atoms with van der Waals surface area (Å²) >= 11 is 0. The average molecular weight is 218 g/mol. The molecule has 84 valence electrons. The van der Waals surface area contributed by atoms with Crippen LogP contribution in [0.25, 0.3) is 0 Å². The number of carbonyl (C=O) groups is 1. The summed E-state index contributed by atoms with van der Waals surface area (Å²) in [7, 11) is 0. The fourth-order valence-electron chi connectivity index (χ4n) is 1.52. The highest BCUT2D eigenvalue weighted by atomic mass is 16.2. The summed E-state index contributed by atoms with van der Waals surface area (Å²) in [4.78, 5) is 19.9. The van der Waals surface area contributed by atoms with Crippen molar-refractivity contribution in [2.24, 2.45) is 4.99 Å². The first kappa shape index (κ1) is 10.6.